The maximum Gasteiger partial charge on any atom is 0.291 e. The summed E-state index contributed by atoms with van der Waals surface area (Å²) >= 11 is 0. The van der Waals surface area contributed by atoms with E-state index in [1.165, 1.54) is 25.9 Å². The molecule has 0 spiro atoms. The highest BCUT2D eigenvalue weighted by Crippen LogP contribution is 2.27. The predicted octanol–water partition coefficient (Wildman–Crippen LogP) is 0.581. The number of amides is 1. The van der Waals surface area contributed by atoms with Gasteiger partial charge in [-0.1, -0.05) is 6.92 Å². The molecule has 6 nitrogen and oxygen atoms in total. The molecule has 3 aliphatic heterocycles. The highest BCUT2D eigenvalue weighted by molar-refractivity contribution is 5.90. The van der Waals surface area contributed by atoms with Gasteiger partial charge in [-0.2, -0.15) is 0 Å². The molecule has 6 heteroatoms. The molecule has 1 aromatic rings. The highest BCUT2D eigenvalue weighted by atomic mass is 16.2. The van der Waals surface area contributed by atoms with Crippen molar-refractivity contribution in [3.8, 4) is 0 Å². The molecular weight excluding hydrogens is 242 g/mol. The largest absolute Gasteiger partial charge is 0.345 e. The Morgan fingerprint density at radius 1 is 1.47 bits per heavy atom. The van der Waals surface area contributed by atoms with Gasteiger partial charge in [0.1, 0.15) is 5.82 Å². The number of fused-ring (bicyclic) bond motifs is 3. The van der Waals surface area contributed by atoms with Gasteiger partial charge in [0.05, 0.1) is 0 Å². The Hall–Kier alpha value is -1.43. The summed E-state index contributed by atoms with van der Waals surface area (Å²) in [5.41, 5.74) is 0. The first-order chi connectivity index (χ1) is 9.26. The summed E-state index contributed by atoms with van der Waals surface area (Å²) in [6.07, 6.45) is 4.22. The summed E-state index contributed by atoms with van der Waals surface area (Å²) in [5, 5.41) is 9.92. The first-order valence-electron chi connectivity index (χ1n) is 7.20. The van der Waals surface area contributed by atoms with E-state index in [9.17, 15) is 4.79 Å². The molecule has 2 bridgehead atoms. The number of aromatic nitrogens is 3. The van der Waals surface area contributed by atoms with E-state index in [4.69, 9.17) is 0 Å². The van der Waals surface area contributed by atoms with E-state index in [-0.39, 0.29) is 17.8 Å². The van der Waals surface area contributed by atoms with Gasteiger partial charge in [-0.05, 0) is 38.3 Å². The van der Waals surface area contributed by atoms with Gasteiger partial charge in [0.15, 0.2) is 0 Å². The minimum absolute atomic E-state index is 0.141. The first kappa shape index (κ1) is 12.6. The number of piperidine rings is 3. The molecule has 1 atom stereocenters. The molecular formula is C13H21N5O. The monoisotopic (exact) mass is 263 g/mol. The third-order valence-electron chi connectivity index (χ3n) is 4.19. The molecule has 3 saturated heterocycles. The molecule has 3 aliphatic rings. The zero-order valence-electron chi connectivity index (χ0n) is 11.4. The molecule has 2 N–H and O–H groups in total. The van der Waals surface area contributed by atoms with Crippen LogP contribution in [0.15, 0.2) is 0 Å². The Balaban J connectivity index is 1.61. The van der Waals surface area contributed by atoms with Gasteiger partial charge >= 0.3 is 0 Å². The first-order valence-corrected chi connectivity index (χ1v) is 7.20. The average Bonchev–Trinajstić information content (AvgIpc) is 2.89. The summed E-state index contributed by atoms with van der Waals surface area (Å²) in [6, 6.07) is 0.267. The van der Waals surface area contributed by atoms with Crippen molar-refractivity contribution in [1.82, 2.24) is 25.4 Å². The Labute approximate surface area is 113 Å². The fourth-order valence-electron chi connectivity index (χ4n) is 3.11. The van der Waals surface area contributed by atoms with Gasteiger partial charge in [-0.15, -0.1) is 5.10 Å². The SMILES string of the molecule is CCCc1nc(C(=O)NC2CN3CCC2CC3)n[nH]1. The third kappa shape index (κ3) is 2.63. The van der Waals surface area contributed by atoms with E-state index >= 15 is 0 Å². The Kier molecular flexibility index (Phi) is 3.50. The van der Waals surface area contributed by atoms with Crippen LogP contribution in [0.2, 0.25) is 0 Å². The standard InChI is InChI=1S/C13H21N5O/c1-2-3-11-15-12(17-16-11)13(19)14-10-8-18-6-4-9(10)5-7-18/h9-10H,2-8H2,1H3,(H,14,19)(H,15,16,17). The topological polar surface area (TPSA) is 73.9 Å². The lowest BCUT2D eigenvalue weighted by Gasteiger charge is -2.44. The van der Waals surface area contributed by atoms with Crippen LogP contribution >= 0.6 is 0 Å². The quantitative estimate of drug-likeness (QED) is 0.833. The van der Waals surface area contributed by atoms with Gasteiger partial charge in [0.25, 0.3) is 5.91 Å². The Bertz CT molecular complexity index is 450. The summed E-state index contributed by atoms with van der Waals surface area (Å²) in [4.78, 5) is 18.8. The number of nitrogens with zero attached hydrogens (tertiary/aromatic N) is 3. The molecule has 0 aromatic carbocycles. The second-order valence-corrected chi connectivity index (χ2v) is 5.57. The van der Waals surface area contributed by atoms with E-state index in [0.29, 0.717) is 5.92 Å². The molecule has 0 aliphatic carbocycles. The van der Waals surface area contributed by atoms with Crippen LogP contribution in [0.1, 0.15) is 42.6 Å². The number of aryl methyl sites for hydroxylation is 1. The number of nitrogens with one attached hydrogen (secondary N) is 2. The number of carbonyl (C=O) groups excluding carboxylic acids is 1. The van der Waals surface area contributed by atoms with E-state index < -0.39 is 0 Å². The normalized spacial score (nSPS) is 29.4. The molecule has 0 saturated carbocycles. The van der Waals surface area contributed by atoms with E-state index in [1.54, 1.807) is 0 Å². The lowest BCUT2D eigenvalue weighted by Crippen LogP contribution is -2.57. The molecule has 3 fully saturated rings. The summed E-state index contributed by atoms with van der Waals surface area (Å²) < 4.78 is 0. The molecule has 19 heavy (non-hydrogen) atoms. The number of carbonyl (C=O) groups is 1. The molecule has 0 radical (unpaired) electrons. The van der Waals surface area contributed by atoms with Gasteiger partial charge in [-0.3, -0.25) is 9.89 Å². The molecule has 4 rings (SSSR count). The molecule has 1 amide bonds. The zero-order chi connectivity index (χ0) is 13.2. The van der Waals surface area contributed by atoms with Gasteiger partial charge in [-0.25, -0.2) is 4.98 Å². The average molecular weight is 263 g/mol. The van der Waals surface area contributed by atoms with Crippen LogP contribution in [0.3, 0.4) is 0 Å². The zero-order valence-corrected chi connectivity index (χ0v) is 11.4. The van der Waals surface area contributed by atoms with Crippen molar-refractivity contribution in [2.24, 2.45) is 5.92 Å². The fraction of sp³-hybridized carbons (Fsp3) is 0.769. The van der Waals surface area contributed by atoms with Gasteiger partial charge in [0.2, 0.25) is 5.82 Å². The number of aromatic amines is 1. The number of hydrogen-bond donors (Lipinski definition) is 2. The molecule has 4 heterocycles. The van der Waals surface area contributed by atoms with Crippen LogP contribution < -0.4 is 5.32 Å². The maximum atomic E-state index is 12.1. The number of rotatable bonds is 4. The Morgan fingerprint density at radius 3 is 2.89 bits per heavy atom. The van der Waals surface area contributed by atoms with Crippen molar-refractivity contribution in [2.45, 2.75) is 38.6 Å². The number of hydrogen-bond acceptors (Lipinski definition) is 4. The lowest BCUT2D eigenvalue weighted by atomic mass is 9.84. The van der Waals surface area contributed by atoms with Crippen LogP contribution in [0, 0.1) is 5.92 Å². The second kappa shape index (κ2) is 5.28. The summed E-state index contributed by atoms with van der Waals surface area (Å²) in [5.74, 6) is 1.56. The van der Waals surface area contributed by atoms with Crippen LogP contribution in [-0.2, 0) is 6.42 Å². The maximum absolute atomic E-state index is 12.1. The van der Waals surface area contributed by atoms with Crippen molar-refractivity contribution in [3.63, 3.8) is 0 Å². The van der Waals surface area contributed by atoms with E-state index in [2.05, 4.69) is 32.3 Å². The second-order valence-electron chi connectivity index (χ2n) is 5.57. The van der Waals surface area contributed by atoms with Gasteiger partial charge < -0.3 is 10.2 Å². The molecule has 104 valence electrons. The molecule has 1 aromatic heterocycles. The van der Waals surface area contributed by atoms with Crippen molar-refractivity contribution in [2.75, 3.05) is 19.6 Å². The minimum atomic E-state index is -0.141. The van der Waals surface area contributed by atoms with Crippen LogP contribution in [0.5, 0.6) is 0 Å². The van der Waals surface area contributed by atoms with Crippen molar-refractivity contribution >= 4 is 5.91 Å². The highest BCUT2D eigenvalue weighted by Gasteiger charge is 2.35. The van der Waals surface area contributed by atoms with Crippen LogP contribution in [0.25, 0.3) is 0 Å². The van der Waals surface area contributed by atoms with Crippen LogP contribution in [-0.4, -0.2) is 51.7 Å². The fourth-order valence-corrected chi connectivity index (χ4v) is 3.11. The van der Waals surface area contributed by atoms with Crippen molar-refractivity contribution < 1.29 is 4.79 Å². The molecule has 1 unspecified atom stereocenters. The lowest BCUT2D eigenvalue weighted by molar-refractivity contribution is 0.0615. The van der Waals surface area contributed by atoms with Crippen molar-refractivity contribution in [3.05, 3.63) is 11.6 Å². The van der Waals surface area contributed by atoms with Crippen molar-refractivity contribution in [1.29, 1.82) is 0 Å². The smallest absolute Gasteiger partial charge is 0.291 e. The predicted molar refractivity (Wildman–Crippen MR) is 70.8 cm³/mol. The van der Waals surface area contributed by atoms with E-state index in [1.807, 2.05) is 0 Å². The third-order valence-corrected chi connectivity index (χ3v) is 4.19. The Morgan fingerprint density at radius 2 is 2.26 bits per heavy atom. The van der Waals surface area contributed by atoms with E-state index in [0.717, 1.165) is 25.2 Å². The summed E-state index contributed by atoms with van der Waals surface area (Å²) in [7, 11) is 0. The minimum Gasteiger partial charge on any atom is -0.345 e. The number of H-pyrrole nitrogens is 1. The summed E-state index contributed by atoms with van der Waals surface area (Å²) in [6.45, 7) is 5.41. The van der Waals surface area contributed by atoms with Gasteiger partial charge in [0, 0.05) is 19.0 Å². The van der Waals surface area contributed by atoms with Crippen LogP contribution in [0.4, 0.5) is 0 Å².